The molecule has 0 unspecified atom stereocenters. The molecule has 5 rings (SSSR count). The van der Waals surface area contributed by atoms with Crippen molar-refractivity contribution in [1.29, 1.82) is 0 Å². The van der Waals surface area contributed by atoms with Gasteiger partial charge in [0.25, 0.3) is 0 Å². The number of carbonyl (C=O) groups is 3. The molecule has 172 valence electrons. The maximum absolute atomic E-state index is 14.0. The molecule has 4 aliphatic rings. The van der Waals surface area contributed by atoms with E-state index >= 15 is 0 Å². The fourth-order valence-corrected chi connectivity index (χ4v) is 7.00. The van der Waals surface area contributed by atoms with Crippen LogP contribution in [0.4, 0.5) is 5.69 Å². The number of aryl methyl sites for hydroxylation is 1. The Balaban J connectivity index is 1.61. The molecule has 3 fully saturated rings. The minimum Gasteiger partial charge on any atom is -0.324 e. The van der Waals surface area contributed by atoms with Crippen LogP contribution in [0.3, 0.4) is 0 Å². The lowest BCUT2D eigenvalue weighted by Gasteiger charge is -2.32. The summed E-state index contributed by atoms with van der Waals surface area (Å²) in [6, 6.07) is 3.79. The molecule has 0 radical (unpaired) electrons. The van der Waals surface area contributed by atoms with E-state index in [9.17, 15) is 14.4 Å². The van der Waals surface area contributed by atoms with Crippen molar-refractivity contribution in [2.75, 3.05) is 17.3 Å². The predicted octanol–water partition coefficient (Wildman–Crippen LogP) is 3.50. The van der Waals surface area contributed by atoms with Crippen LogP contribution in [0.1, 0.15) is 61.6 Å². The van der Waals surface area contributed by atoms with Gasteiger partial charge in [0.15, 0.2) is 0 Å². The molecule has 1 saturated carbocycles. The Morgan fingerprint density at radius 1 is 1.06 bits per heavy atom. The number of amides is 3. The van der Waals surface area contributed by atoms with E-state index in [4.69, 9.17) is 0 Å². The third kappa shape index (κ3) is 3.00. The summed E-state index contributed by atoms with van der Waals surface area (Å²) in [5.74, 6) is -0.667. The molecule has 3 aliphatic heterocycles. The summed E-state index contributed by atoms with van der Waals surface area (Å²) in [5, 5.41) is 6.64. The second kappa shape index (κ2) is 8.17. The van der Waals surface area contributed by atoms with Crippen molar-refractivity contribution in [3.8, 4) is 0 Å². The number of nitrogens with one attached hydrogen (secondary N) is 2. The van der Waals surface area contributed by atoms with E-state index in [0.717, 1.165) is 73.1 Å². The third-order valence-electron chi connectivity index (χ3n) is 8.28. The minimum atomic E-state index is -1.16. The third-order valence-corrected chi connectivity index (χ3v) is 8.92. The van der Waals surface area contributed by atoms with Gasteiger partial charge in [0, 0.05) is 23.3 Å². The van der Waals surface area contributed by atoms with Gasteiger partial charge >= 0.3 is 0 Å². The number of rotatable bonds is 4. The Morgan fingerprint density at radius 2 is 1.78 bits per heavy atom. The maximum Gasteiger partial charge on any atom is 0.250 e. The number of benzene rings is 1. The van der Waals surface area contributed by atoms with E-state index < -0.39 is 17.4 Å². The van der Waals surface area contributed by atoms with Crippen LogP contribution in [-0.4, -0.2) is 46.7 Å². The van der Waals surface area contributed by atoms with Crippen LogP contribution in [0.2, 0.25) is 0 Å². The van der Waals surface area contributed by atoms with Gasteiger partial charge in [-0.25, -0.2) is 0 Å². The van der Waals surface area contributed by atoms with E-state index in [1.54, 1.807) is 16.7 Å². The molecule has 3 amide bonds. The summed E-state index contributed by atoms with van der Waals surface area (Å²) in [7, 11) is 0. The number of nitrogens with zero attached hydrogens (tertiary/aromatic N) is 1. The Hall–Kier alpha value is -1.86. The Bertz CT molecular complexity index is 971. The number of anilines is 1. The average Bonchev–Trinajstić information content (AvgIpc) is 3.24. The number of hydrogen-bond donors (Lipinski definition) is 2. The standard InChI is InChI=1S/C25H33N3O3S/c1-14-10-11-17-21(15(14)2)26-24(31)25(17)20-19(18(27-25)12-13-32-3)22(29)28(23(20)30)16-8-6-4-5-7-9-16/h10-11,16,18-20,27H,4-9,12-13H2,1-3H3,(H,26,31)/t18-,19+,20+,25+/m0/s1. The van der Waals surface area contributed by atoms with Crippen molar-refractivity contribution in [3.05, 3.63) is 28.8 Å². The summed E-state index contributed by atoms with van der Waals surface area (Å²) in [6.45, 7) is 4.03. The molecular weight excluding hydrogens is 422 g/mol. The largest absolute Gasteiger partial charge is 0.324 e. The predicted molar refractivity (Wildman–Crippen MR) is 126 cm³/mol. The van der Waals surface area contributed by atoms with Gasteiger partial charge in [0.05, 0.1) is 11.8 Å². The van der Waals surface area contributed by atoms with Crippen molar-refractivity contribution < 1.29 is 14.4 Å². The van der Waals surface area contributed by atoms with Crippen molar-refractivity contribution in [1.82, 2.24) is 10.2 Å². The summed E-state index contributed by atoms with van der Waals surface area (Å²) >= 11 is 1.73. The molecule has 1 aliphatic carbocycles. The highest BCUT2D eigenvalue weighted by molar-refractivity contribution is 7.98. The van der Waals surface area contributed by atoms with Gasteiger partial charge in [-0.2, -0.15) is 11.8 Å². The number of fused-ring (bicyclic) bond motifs is 4. The van der Waals surface area contributed by atoms with E-state index in [1.165, 1.54) is 0 Å². The molecule has 2 N–H and O–H groups in total. The zero-order valence-electron chi connectivity index (χ0n) is 19.2. The topological polar surface area (TPSA) is 78.5 Å². The van der Waals surface area contributed by atoms with Crippen molar-refractivity contribution in [2.45, 2.75) is 76.4 Å². The fourth-order valence-electron chi connectivity index (χ4n) is 6.51. The lowest BCUT2D eigenvalue weighted by molar-refractivity contribution is -0.145. The quantitative estimate of drug-likeness (QED) is 0.537. The molecule has 0 aromatic heterocycles. The Kier molecular flexibility index (Phi) is 5.61. The highest BCUT2D eigenvalue weighted by Gasteiger charge is 2.70. The number of hydrogen-bond acceptors (Lipinski definition) is 5. The summed E-state index contributed by atoms with van der Waals surface area (Å²) in [5.41, 5.74) is 2.60. The number of thioether (sulfide) groups is 1. The van der Waals surface area contributed by atoms with Crippen LogP contribution < -0.4 is 10.6 Å². The normalized spacial score (nSPS) is 32.4. The molecule has 6 nitrogen and oxygen atoms in total. The van der Waals surface area contributed by atoms with E-state index in [1.807, 2.05) is 32.2 Å². The molecule has 7 heteroatoms. The highest BCUT2D eigenvalue weighted by Crippen LogP contribution is 2.54. The molecule has 32 heavy (non-hydrogen) atoms. The van der Waals surface area contributed by atoms with Gasteiger partial charge in [-0.15, -0.1) is 0 Å². The lowest BCUT2D eigenvalue weighted by atomic mass is 9.76. The zero-order valence-corrected chi connectivity index (χ0v) is 20.0. The van der Waals surface area contributed by atoms with Crippen LogP contribution in [0, 0.1) is 25.7 Å². The molecule has 1 spiro atoms. The first-order chi connectivity index (χ1) is 15.4. The van der Waals surface area contributed by atoms with Gasteiger partial charge < -0.3 is 5.32 Å². The zero-order chi connectivity index (χ0) is 22.6. The van der Waals surface area contributed by atoms with E-state index in [-0.39, 0.29) is 29.8 Å². The Morgan fingerprint density at radius 3 is 2.47 bits per heavy atom. The first kappa shape index (κ1) is 22.0. The SMILES string of the molecule is CSCC[C@@H]1N[C@@]2(C(=O)Nc3c2ccc(C)c3C)[C@H]2C(=O)N(C3CCCCCC3)C(=O)[C@H]12. The van der Waals surface area contributed by atoms with Crippen molar-refractivity contribution >= 4 is 35.2 Å². The van der Waals surface area contributed by atoms with Crippen LogP contribution in [0.25, 0.3) is 0 Å². The molecule has 4 atom stereocenters. The first-order valence-corrected chi connectivity index (χ1v) is 13.4. The van der Waals surface area contributed by atoms with Crippen LogP contribution in [0.15, 0.2) is 12.1 Å². The lowest BCUT2D eigenvalue weighted by Crippen LogP contribution is -2.54. The number of carbonyl (C=O) groups excluding carboxylic acids is 3. The summed E-state index contributed by atoms with van der Waals surface area (Å²) in [6.07, 6.45) is 9.00. The summed E-state index contributed by atoms with van der Waals surface area (Å²) < 4.78 is 0. The van der Waals surface area contributed by atoms with Crippen molar-refractivity contribution in [2.24, 2.45) is 11.8 Å². The molecular formula is C25H33N3O3S. The monoisotopic (exact) mass is 455 g/mol. The van der Waals surface area contributed by atoms with Crippen LogP contribution in [-0.2, 0) is 19.9 Å². The summed E-state index contributed by atoms with van der Waals surface area (Å²) in [4.78, 5) is 43.0. The molecule has 1 aromatic rings. The van der Waals surface area contributed by atoms with Gasteiger partial charge in [-0.1, -0.05) is 37.8 Å². The average molecular weight is 456 g/mol. The number of imide groups is 1. The number of likely N-dealkylation sites (tertiary alicyclic amines) is 1. The van der Waals surface area contributed by atoms with Gasteiger partial charge in [0.1, 0.15) is 5.54 Å². The van der Waals surface area contributed by atoms with Crippen molar-refractivity contribution in [3.63, 3.8) is 0 Å². The molecule has 1 aromatic carbocycles. The fraction of sp³-hybridized carbons (Fsp3) is 0.640. The maximum atomic E-state index is 14.0. The Labute approximate surface area is 194 Å². The second-order valence-corrected chi connectivity index (χ2v) is 10.9. The molecule has 0 bridgehead atoms. The van der Waals surface area contributed by atoms with Gasteiger partial charge in [-0.05, 0) is 56.2 Å². The second-order valence-electron chi connectivity index (χ2n) is 9.92. The van der Waals surface area contributed by atoms with Crippen LogP contribution >= 0.6 is 11.8 Å². The van der Waals surface area contributed by atoms with E-state index in [2.05, 4.69) is 10.6 Å². The van der Waals surface area contributed by atoms with Gasteiger partial charge in [0.2, 0.25) is 17.7 Å². The van der Waals surface area contributed by atoms with E-state index in [0.29, 0.717) is 0 Å². The minimum absolute atomic E-state index is 0.0231. The first-order valence-electron chi connectivity index (χ1n) is 12.0. The van der Waals surface area contributed by atoms with Gasteiger partial charge in [-0.3, -0.25) is 24.6 Å². The molecule has 3 heterocycles. The van der Waals surface area contributed by atoms with Crippen LogP contribution in [0.5, 0.6) is 0 Å². The highest BCUT2D eigenvalue weighted by atomic mass is 32.2. The molecule has 2 saturated heterocycles. The smallest absolute Gasteiger partial charge is 0.250 e.